The summed E-state index contributed by atoms with van der Waals surface area (Å²) in [6.45, 7) is 3.41. The molecule has 10 heavy (non-hydrogen) atoms. The summed E-state index contributed by atoms with van der Waals surface area (Å²) >= 11 is 0. The highest BCUT2D eigenvalue weighted by Crippen LogP contribution is 1.77. The van der Waals surface area contributed by atoms with Gasteiger partial charge in [0.05, 0.1) is 0 Å². The van der Waals surface area contributed by atoms with Gasteiger partial charge in [-0.25, -0.2) is 4.99 Å². The van der Waals surface area contributed by atoms with Crippen LogP contribution in [-0.2, 0) is 0 Å². The predicted molar refractivity (Wildman–Crippen MR) is 44.0 cm³/mol. The zero-order valence-corrected chi connectivity index (χ0v) is 5.83. The van der Waals surface area contributed by atoms with E-state index >= 15 is 0 Å². The van der Waals surface area contributed by atoms with E-state index in [9.17, 15) is 0 Å². The molecule has 4 nitrogen and oxygen atoms in total. The lowest BCUT2D eigenvalue weighted by molar-refractivity contribution is 1.39. The Balaban J connectivity index is 4.25. The summed E-state index contributed by atoms with van der Waals surface area (Å²) in [6.07, 6.45) is 2.93. The summed E-state index contributed by atoms with van der Waals surface area (Å²) < 4.78 is 0. The fourth-order valence-corrected chi connectivity index (χ4v) is 0.371. The molecule has 0 aromatic carbocycles. The fourth-order valence-electron chi connectivity index (χ4n) is 0.371. The maximum atomic E-state index is 6.93. The second kappa shape index (κ2) is 4.43. The van der Waals surface area contributed by atoms with Gasteiger partial charge in [-0.2, -0.15) is 0 Å². The Morgan fingerprint density at radius 3 is 2.60 bits per heavy atom. The average Bonchev–Trinajstić information content (AvgIpc) is 1.89. The van der Waals surface area contributed by atoms with Crippen molar-refractivity contribution < 1.29 is 0 Å². The van der Waals surface area contributed by atoms with Gasteiger partial charge in [-0.15, -0.1) is 0 Å². The average molecular weight is 138 g/mol. The molecule has 0 aromatic rings. The Morgan fingerprint density at radius 2 is 2.30 bits per heavy atom. The molecule has 0 aliphatic heterocycles. The van der Waals surface area contributed by atoms with Gasteiger partial charge >= 0.3 is 0 Å². The molecule has 0 aliphatic carbocycles. The minimum Gasteiger partial charge on any atom is -0.381 e. The fraction of sp³-hybridized carbons (Fsp3) is 0.167. The van der Waals surface area contributed by atoms with Crippen LogP contribution in [0.1, 0.15) is 0 Å². The van der Waals surface area contributed by atoms with Crippen LogP contribution in [-0.4, -0.2) is 24.9 Å². The van der Waals surface area contributed by atoms with Crippen molar-refractivity contribution in [3.63, 3.8) is 0 Å². The van der Waals surface area contributed by atoms with Crippen molar-refractivity contribution in [2.45, 2.75) is 0 Å². The van der Waals surface area contributed by atoms with E-state index < -0.39 is 0 Å². The highest BCUT2D eigenvalue weighted by atomic mass is 14.9. The summed E-state index contributed by atoms with van der Waals surface area (Å²) in [5.74, 6) is 0.0838. The highest BCUT2D eigenvalue weighted by molar-refractivity contribution is 6.40. The molecule has 0 unspecified atom stereocenters. The molecule has 0 aliphatic rings. The van der Waals surface area contributed by atoms with E-state index in [1.54, 1.807) is 0 Å². The normalized spacial score (nSPS) is 11.9. The predicted octanol–water partition coefficient (Wildman–Crippen LogP) is 0.207. The Bertz CT molecular complexity index is 190. The van der Waals surface area contributed by atoms with E-state index in [4.69, 9.17) is 11.1 Å². The first kappa shape index (κ1) is 8.55. The van der Waals surface area contributed by atoms with Gasteiger partial charge in [-0.05, 0) is 0 Å². The molecule has 0 saturated carbocycles. The molecule has 0 rings (SSSR count). The Labute approximate surface area is 59.7 Å². The summed E-state index contributed by atoms with van der Waals surface area (Å²) in [5.41, 5.74) is 5.09. The maximum Gasteiger partial charge on any atom is 0.189 e. The number of hydrogen-bond acceptors (Lipinski definition) is 2. The van der Waals surface area contributed by atoms with Gasteiger partial charge in [0.2, 0.25) is 0 Å². The van der Waals surface area contributed by atoms with E-state index in [0.29, 0.717) is 0 Å². The summed E-state index contributed by atoms with van der Waals surface area (Å²) in [4.78, 5) is 7.36. The van der Waals surface area contributed by atoms with Crippen LogP contribution in [0.5, 0.6) is 0 Å². The number of rotatable bonds is 1. The van der Waals surface area contributed by atoms with Crippen molar-refractivity contribution in [1.29, 1.82) is 5.41 Å². The van der Waals surface area contributed by atoms with Crippen LogP contribution in [0.4, 0.5) is 0 Å². The summed E-state index contributed by atoms with van der Waals surface area (Å²) in [6, 6.07) is 0. The molecule has 0 saturated heterocycles. The van der Waals surface area contributed by atoms with Crippen LogP contribution in [0.15, 0.2) is 22.6 Å². The molecular formula is C6H10N4. The van der Waals surface area contributed by atoms with Gasteiger partial charge < -0.3 is 5.73 Å². The smallest absolute Gasteiger partial charge is 0.189 e. The summed E-state index contributed by atoms with van der Waals surface area (Å²) in [7, 11) is 1.52. The standard InChI is InChI=1S/C6H10N4/c1-3-4-10-6(9-2)5(7)8/h3-4H,1H2,2H3,(H3,7,8)/b9-6-,10-4-. The quantitative estimate of drug-likeness (QED) is 0.394. The number of nitrogens with zero attached hydrogens (tertiary/aromatic N) is 2. The van der Waals surface area contributed by atoms with Gasteiger partial charge in [0.25, 0.3) is 0 Å². The molecule has 0 aromatic heterocycles. The molecule has 0 heterocycles. The Kier molecular flexibility index (Phi) is 3.79. The second-order valence-corrected chi connectivity index (χ2v) is 1.47. The molecule has 0 radical (unpaired) electrons. The van der Waals surface area contributed by atoms with Crippen molar-refractivity contribution in [1.82, 2.24) is 0 Å². The minimum atomic E-state index is -0.138. The van der Waals surface area contributed by atoms with Crippen LogP contribution in [0, 0.1) is 5.41 Å². The van der Waals surface area contributed by atoms with E-state index in [1.807, 2.05) is 0 Å². The Morgan fingerprint density at radius 1 is 1.70 bits per heavy atom. The molecule has 54 valence electrons. The van der Waals surface area contributed by atoms with Crippen molar-refractivity contribution in [2.24, 2.45) is 15.7 Å². The number of nitrogens with two attached hydrogens (primary N) is 1. The third-order valence-electron chi connectivity index (χ3n) is 0.755. The Hall–Kier alpha value is -1.45. The molecule has 0 amide bonds. The van der Waals surface area contributed by atoms with Crippen molar-refractivity contribution in [2.75, 3.05) is 7.05 Å². The number of amidine groups is 2. The maximum absolute atomic E-state index is 6.93. The molecule has 0 atom stereocenters. The zero-order valence-electron chi connectivity index (χ0n) is 5.83. The number of hydrogen-bond donors (Lipinski definition) is 2. The lowest BCUT2D eigenvalue weighted by Crippen LogP contribution is -2.20. The van der Waals surface area contributed by atoms with E-state index in [0.717, 1.165) is 0 Å². The van der Waals surface area contributed by atoms with Gasteiger partial charge in [0, 0.05) is 13.3 Å². The SMILES string of the molecule is C=C/C=N\C(=N/C)C(=N)N. The highest BCUT2D eigenvalue weighted by Gasteiger charge is 1.94. The number of aliphatic imine (C=N–C) groups is 2. The lowest BCUT2D eigenvalue weighted by Gasteiger charge is -1.91. The van der Waals surface area contributed by atoms with Crippen LogP contribution in [0.2, 0.25) is 0 Å². The molecule has 4 heteroatoms. The van der Waals surface area contributed by atoms with Gasteiger partial charge in [-0.3, -0.25) is 10.4 Å². The van der Waals surface area contributed by atoms with Gasteiger partial charge in [-0.1, -0.05) is 12.7 Å². The first-order valence-corrected chi connectivity index (χ1v) is 2.68. The molecule has 0 spiro atoms. The van der Waals surface area contributed by atoms with E-state index in [2.05, 4.69) is 16.6 Å². The molecule has 0 fully saturated rings. The van der Waals surface area contributed by atoms with E-state index in [1.165, 1.54) is 19.3 Å². The first-order chi connectivity index (χ1) is 4.72. The van der Waals surface area contributed by atoms with E-state index in [-0.39, 0.29) is 11.7 Å². The van der Waals surface area contributed by atoms with Crippen LogP contribution in [0.25, 0.3) is 0 Å². The number of allylic oxidation sites excluding steroid dienone is 1. The largest absolute Gasteiger partial charge is 0.381 e. The third-order valence-corrected chi connectivity index (χ3v) is 0.755. The molecule has 3 N–H and O–H groups in total. The van der Waals surface area contributed by atoms with Crippen molar-refractivity contribution in [3.8, 4) is 0 Å². The molecule has 0 bridgehead atoms. The number of nitrogens with one attached hydrogen (secondary N) is 1. The zero-order chi connectivity index (χ0) is 7.98. The minimum absolute atomic E-state index is 0.138. The van der Waals surface area contributed by atoms with Crippen molar-refractivity contribution >= 4 is 17.9 Å². The monoisotopic (exact) mass is 138 g/mol. The lowest BCUT2D eigenvalue weighted by atomic mass is 10.5. The van der Waals surface area contributed by atoms with Gasteiger partial charge in [0.15, 0.2) is 11.7 Å². The first-order valence-electron chi connectivity index (χ1n) is 2.68. The molecular weight excluding hydrogens is 128 g/mol. The second-order valence-electron chi connectivity index (χ2n) is 1.47. The third kappa shape index (κ3) is 2.76. The topological polar surface area (TPSA) is 74.6 Å². The van der Waals surface area contributed by atoms with Crippen LogP contribution < -0.4 is 5.73 Å². The van der Waals surface area contributed by atoms with Crippen LogP contribution in [0.3, 0.4) is 0 Å². The van der Waals surface area contributed by atoms with Crippen molar-refractivity contribution in [3.05, 3.63) is 12.7 Å². The summed E-state index contributed by atoms with van der Waals surface area (Å²) in [5, 5.41) is 6.93. The van der Waals surface area contributed by atoms with Gasteiger partial charge in [0.1, 0.15) is 0 Å². The van der Waals surface area contributed by atoms with Crippen LogP contribution >= 0.6 is 0 Å².